The SMILES string of the molecule is O=C(Nc1ccc(Cl)c(Cl)c1)N(O)c1cccc(-c2sc(CCN3CCOCC3)nc2-c2ccncn2)c1.O=C(Nc1ccc(Cl)cc1F)N(O)c1cccc(-c2sc(CCN3CCOCC3)nc2-c2ccncc2)c1.O=C(Nc1ccc(F)cc1)N(O)c1cccc(-c2sc(CCN3CCOCC3)nc2-c2ccncn2)c1.O=C(Nc1cccc(Cl)c1)N(O)c1cccc(-c2sc(CCN3CCOCC3)nc2-c2ccncc2)c1. The van der Waals surface area contributed by atoms with Gasteiger partial charge in [-0.1, -0.05) is 101 Å². The fourth-order valence-electron chi connectivity index (χ4n) is 16.1. The monoisotopic (exact) mass is 2180 g/mol. The number of amides is 8. The highest BCUT2D eigenvalue weighted by molar-refractivity contribution is 7.16. The molecule has 4 fully saturated rings. The second-order valence-corrected chi connectivity index (χ2v) is 40.1. The van der Waals surface area contributed by atoms with Gasteiger partial charge in [-0.15, -0.1) is 45.3 Å². The van der Waals surface area contributed by atoms with Crippen molar-refractivity contribution in [2.24, 2.45) is 0 Å². The molecule has 8 amide bonds. The number of anilines is 8. The lowest BCUT2D eigenvalue weighted by molar-refractivity contribution is 0.0384. The van der Waals surface area contributed by atoms with E-state index in [1.54, 1.807) is 186 Å². The molecular formula is C106H100Cl4F2N22O12S4. The minimum atomic E-state index is -0.909. The summed E-state index contributed by atoms with van der Waals surface area (Å²) < 4.78 is 49.1. The van der Waals surface area contributed by atoms with Crippen molar-refractivity contribution in [1.29, 1.82) is 0 Å². The van der Waals surface area contributed by atoms with Crippen LogP contribution in [0.3, 0.4) is 0 Å². The molecule has 4 aliphatic heterocycles. The van der Waals surface area contributed by atoms with E-state index in [2.05, 4.69) is 70.8 Å². The first-order valence-corrected chi connectivity index (χ1v) is 52.4. The molecule has 0 unspecified atom stereocenters. The van der Waals surface area contributed by atoms with Gasteiger partial charge in [0.1, 0.15) is 35.7 Å². The Hall–Kier alpha value is -13.6. The molecule has 150 heavy (non-hydrogen) atoms. The van der Waals surface area contributed by atoms with Crippen molar-refractivity contribution < 1.29 is 67.7 Å². The molecule has 0 atom stereocenters. The standard InChI is InChI=1S/C27H25ClFN5O3S.C27H26ClN5O3S.C26H24Cl2N6O3S.C26H25FN6O3S/c28-20-4-5-23(22(29)17-20)31-27(35)34(36)21-3-1-2-19(16-21)26-25(18-6-9-30-10-7-18)32-24(38-26)8-11-33-12-14-37-15-13-33;28-21-4-2-5-22(18-21)30-27(34)33(35)23-6-1-3-20(17-23)26-25(19-7-10-29-11-8-19)31-24(37-26)9-12-32-13-15-36-16-14-32;27-20-5-4-18(15-21(20)28)31-26(35)34(36)19-3-1-2-17(14-19)25-24(22-6-8-29-16-30-22)32-23(38-25)7-9-33-10-12-37-13-11-33;27-19-4-6-20(7-5-19)30-26(34)33(35)21-3-1-2-18(16-21)25-24(22-8-10-28-17-29-22)31-23(37-25)9-11-32-12-14-36-15-13-32/h1-7,9-10,16-17,36H,8,11-15H2,(H,31,35);1-8,10-11,17-18,35H,9,12-16H2,(H,30,34);1-6,8,14-16,36H,7,9-13H2,(H,31,35);1-8,10,16-17,35H,9,11-15H2,(H,30,34). The molecule has 34 nitrogen and oxygen atoms in total. The summed E-state index contributed by atoms with van der Waals surface area (Å²) in [6.45, 7) is 16.9. The van der Waals surface area contributed by atoms with Crippen molar-refractivity contribution in [2.45, 2.75) is 25.7 Å². The highest BCUT2D eigenvalue weighted by Gasteiger charge is 2.29. The number of benzene rings is 8. The summed E-state index contributed by atoms with van der Waals surface area (Å²) in [6.07, 6.45) is 16.5. The van der Waals surface area contributed by atoms with Crippen molar-refractivity contribution in [3.05, 3.63) is 320 Å². The number of nitrogens with one attached hydrogen (secondary N) is 4. The number of hydroxylamine groups is 4. The average Bonchev–Trinajstić information content (AvgIpc) is 1.65. The van der Waals surface area contributed by atoms with Crippen LogP contribution in [0.5, 0.6) is 0 Å². The van der Waals surface area contributed by atoms with Crippen molar-refractivity contribution >= 4 is 161 Å². The summed E-state index contributed by atoms with van der Waals surface area (Å²) in [7, 11) is 0. The van der Waals surface area contributed by atoms with Gasteiger partial charge >= 0.3 is 24.1 Å². The molecule has 4 aliphatic rings. The zero-order valence-electron chi connectivity index (χ0n) is 80.4. The molecule has 8 N–H and O–H groups in total. The first-order valence-electron chi connectivity index (χ1n) is 47.6. The van der Waals surface area contributed by atoms with E-state index in [1.807, 2.05) is 66.7 Å². The van der Waals surface area contributed by atoms with Gasteiger partial charge in [-0.05, 0) is 186 Å². The third-order valence-corrected chi connectivity index (χ3v) is 29.8. The molecule has 0 radical (unpaired) electrons. The van der Waals surface area contributed by atoms with Crippen molar-refractivity contribution in [1.82, 2.24) is 69.4 Å². The van der Waals surface area contributed by atoms with Gasteiger partial charge in [-0.2, -0.15) is 20.3 Å². The van der Waals surface area contributed by atoms with Crippen molar-refractivity contribution in [3.63, 3.8) is 0 Å². The van der Waals surface area contributed by atoms with Crippen LogP contribution in [0.15, 0.2) is 268 Å². The smallest absolute Gasteiger partial charge is 0.350 e. The van der Waals surface area contributed by atoms with E-state index in [-0.39, 0.29) is 27.8 Å². The number of pyridine rings is 2. The quantitative estimate of drug-likeness (QED) is 0.0167. The topological polar surface area (TPSA) is 389 Å². The number of ether oxygens (including phenoxy) is 4. The normalized spacial score (nSPS) is 13.9. The lowest BCUT2D eigenvalue weighted by Gasteiger charge is -2.25. The van der Waals surface area contributed by atoms with E-state index in [4.69, 9.17) is 85.3 Å². The molecule has 20 rings (SSSR count). The second-order valence-electron chi connectivity index (χ2n) is 34.1. The molecule has 772 valence electrons. The van der Waals surface area contributed by atoms with E-state index in [0.29, 0.717) is 69.5 Å². The van der Waals surface area contributed by atoms with Gasteiger partial charge in [0.2, 0.25) is 0 Å². The van der Waals surface area contributed by atoms with Crippen LogP contribution in [0.25, 0.3) is 87.1 Å². The van der Waals surface area contributed by atoms with E-state index in [9.17, 15) is 48.8 Å². The number of morpholine rings is 4. The zero-order chi connectivity index (χ0) is 104. The molecule has 0 saturated carbocycles. The predicted octanol–water partition coefficient (Wildman–Crippen LogP) is 22.4. The van der Waals surface area contributed by atoms with Crippen LogP contribution in [0.1, 0.15) is 20.0 Å². The van der Waals surface area contributed by atoms with Gasteiger partial charge in [0, 0.05) is 180 Å². The van der Waals surface area contributed by atoms with Crippen LogP contribution in [0.2, 0.25) is 20.1 Å². The Balaban J connectivity index is 0.000000136. The Morgan fingerprint density at radius 1 is 0.327 bits per heavy atom. The Morgan fingerprint density at radius 2 is 0.653 bits per heavy atom. The first kappa shape index (κ1) is 108. The highest BCUT2D eigenvalue weighted by Crippen LogP contribution is 2.44. The number of nitrogens with zero attached hydrogens (tertiary/aromatic N) is 18. The number of hydrogen-bond acceptors (Lipinski definition) is 30. The van der Waals surface area contributed by atoms with Gasteiger partial charge in [0.05, 0.1) is 154 Å². The lowest BCUT2D eigenvalue weighted by atomic mass is 10.1. The molecule has 0 aliphatic carbocycles. The van der Waals surface area contributed by atoms with Crippen LogP contribution in [-0.4, -0.2) is 246 Å². The van der Waals surface area contributed by atoms with E-state index in [0.717, 1.165) is 259 Å². The number of hydrogen-bond donors (Lipinski definition) is 8. The molecule has 0 spiro atoms. The van der Waals surface area contributed by atoms with Gasteiger partial charge in [-0.3, -0.25) is 50.4 Å². The fraction of sp³-hybridized carbons (Fsp3) is 0.226. The van der Waals surface area contributed by atoms with Crippen LogP contribution >= 0.6 is 91.8 Å². The number of carbonyl (C=O) groups is 4. The Labute approximate surface area is 897 Å². The molecule has 16 aromatic rings. The van der Waals surface area contributed by atoms with Crippen molar-refractivity contribution in [2.75, 3.05) is 173 Å². The molecule has 44 heteroatoms. The van der Waals surface area contributed by atoms with Crippen LogP contribution in [0.4, 0.5) is 73.5 Å². The summed E-state index contributed by atoms with van der Waals surface area (Å²) in [4.78, 5) is 109. The van der Waals surface area contributed by atoms with Gasteiger partial charge in [0.15, 0.2) is 0 Å². The largest absolute Gasteiger partial charge is 0.379 e. The number of carbonyl (C=O) groups excluding carboxylic acids is 4. The van der Waals surface area contributed by atoms with Gasteiger partial charge in [0.25, 0.3) is 0 Å². The zero-order valence-corrected chi connectivity index (χ0v) is 86.7. The third kappa shape index (κ3) is 29.6. The highest BCUT2D eigenvalue weighted by atomic mass is 35.5. The Bertz CT molecular complexity index is 7240. The Morgan fingerprint density at radius 3 is 1.01 bits per heavy atom. The number of thiazole rings is 4. The average molecular weight is 2180 g/mol. The van der Waals surface area contributed by atoms with Gasteiger partial charge < -0.3 is 40.2 Å². The maximum absolute atomic E-state index is 14.1. The maximum Gasteiger partial charge on any atom is 0.350 e. The third-order valence-electron chi connectivity index (χ3n) is 23.9. The number of urea groups is 4. The summed E-state index contributed by atoms with van der Waals surface area (Å²) in [5, 5.41) is 60.2. The first-order chi connectivity index (χ1) is 73.1. The summed E-state index contributed by atoms with van der Waals surface area (Å²) in [5.74, 6) is -1.12. The van der Waals surface area contributed by atoms with Crippen LogP contribution in [-0.2, 0) is 44.6 Å². The van der Waals surface area contributed by atoms with Gasteiger partial charge in [-0.25, -0.2) is 67.8 Å². The van der Waals surface area contributed by atoms with E-state index < -0.39 is 35.8 Å². The summed E-state index contributed by atoms with van der Waals surface area (Å²) in [6, 6.07) is 57.0. The Kier molecular flexibility index (Phi) is 38.2. The fourth-order valence-corrected chi connectivity index (χ4v) is 21.1. The number of rotatable bonds is 28. The second kappa shape index (κ2) is 53.2. The van der Waals surface area contributed by atoms with E-state index >= 15 is 0 Å². The minimum Gasteiger partial charge on any atom is -0.379 e. The number of aromatic nitrogens is 10. The molecule has 8 aromatic carbocycles. The van der Waals surface area contributed by atoms with E-state index in [1.165, 1.54) is 55.1 Å². The summed E-state index contributed by atoms with van der Waals surface area (Å²) in [5.41, 5.74) is 11.9. The lowest BCUT2D eigenvalue weighted by Crippen LogP contribution is -2.37. The summed E-state index contributed by atoms with van der Waals surface area (Å²) >= 11 is 30.1. The predicted molar refractivity (Wildman–Crippen MR) is 581 cm³/mol. The van der Waals surface area contributed by atoms with Crippen molar-refractivity contribution in [3.8, 4) is 87.1 Å². The van der Waals surface area contributed by atoms with Crippen LogP contribution < -0.4 is 41.5 Å². The molecular weight excluding hydrogens is 2080 g/mol. The molecule has 4 saturated heterocycles. The molecule has 0 bridgehead atoms. The molecule has 12 heterocycles. The van der Waals surface area contributed by atoms with Crippen LogP contribution in [0, 0.1) is 11.6 Å². The maximum atomic E-state index is 14.1. The minimum absolute atomic E-state index is 0.0954. The number of halogens is 6. The molecule has 8 aromatic heterocycles.